The fourth-order valence-corrected chi connectivity index (χ4v) is 19.8. The van der Waals surface area contributed by atoms with E-state index >= 15 is 0 Å². The van der Waals surface area contributed by atoms with E-state index in [9.17, 15) is 86.3 Å². The van der Waals surface area contributed by atoms with E-state index in [1.807, 2.05) is 90.0 Å². The van der Waals surface area contributed by atoms with Gasteiger partial charge in [0.1, 0.15) is 54.4 Å². The largest absolute Gasteiger partial charge is 0.464 e. The van der Waals surface area contributed by atoms with Crippen LogP contribution in [0, 0.1) is 108 Å². The fraction of sp³-hybridized carbons (Fsp3) is 0.811. The number of rotatable bonds is 35. The summed E-state index contributed by atoms with van der Waals surface area (Å²) in [5.74, 6) is -9.42. The van der Waals surface area contributed by atoms with Crippen molar-refractivity contribution in [1.29, 1.82) is 0 Å². The first kappa shape index (κ1) is 105. The molecule has 3 unspecified atom stereocenters. The van der Waals surface area contributed by atoms with Gasteiger partial charge in [-0.2, -0.15) is 0 Å². The van der Waals surface area contributed by atoms with Gasteiger partial charge in [0.2, 0.25) is 52.8 Å². The van der Waals surface area contributed by atoms with Crippen molar-refractivity contribution in [2.75, 3.05) is 26.2 Å². The molecule has 11 fully saturated rings. The standard InChI is InChI=1S/2C32H51N5O7.C31H51N5O7/c1-30(2,3)23(35-29(43)36-24(31(4,5)6)28(42)44-15-17-11-12-17)27(41)37-14-18-20(32(18,7)8)21(37)26(40)34-19(13-16-9-10-16)22(38)25(33)39;1-16(2)44-29(42)22(18-12-9-13-18)35-30(43)36-25(31(3,4)5)28(41)37-15-19-21(32(19,6)7)23(37)27(40)34-20(24(38)26(33)39)14-17-10-8-11-17;1-15(2)43-27(41)23(30(6,7)8)35-28(42)34-22(29(3,4)5)26(40)36-14-17-19(31(17,9)10)20(36)25(39)33-18(13-16-11-12-16)21(37)24(32)38/h16-21,23-24H,9-15H2,1-8H3,(H2,33,39)(H,34,40)(H2,35,36,43);16-23,25H,8-15H2,1-7H3,(H2,33,39)(H,34,40)(H2,35,36,43);15-20,22-23H,11-14H2,1-10H3,(H2,32,38)(H,33,39)(H2,34,35,42)/t18-,19?,20-,21-,23+,24+;19-,20?,21-,22-,23-,25+;17-,18?,19-,20-,22+,23+/m000/s1. The summed E-state index contributed by atoms with van der Waals surface area (Å²) in [6, 6.07) is -13.6. The van der Waals surface area contributed by atoms with E-state index in [1.165, 1.54) is 14.7 Å². The fourth-order valence-electron chi connectivity index (χ4n) is 19.8. The first-order valence-corrected chi connectivity index (χ1v) is 47.4. The maximum Gasteiger partial charge on any atom is 0.329 e. The first-order valence-electron chi connectivity index (χ1n) is 47.4. The minimum atomic E-state index is -1.11. The smallest absolute Gasteiger partial charge is 0.329 e. The minimum absolute atomic E-state index is 0.0345. The lowest BCUT2D eigenvalue weighted by molar-refractivity contribution is -0.153. The zero-order chi connectivity index (χ0) is 98.5. The van der Waals surface area contributed by atoms with Crippen molar-refractivity contribution in [2.24, 2.45) is 126 Å². The van der Waals surface area contributed by atoms with Crippen LogP contribution in [0.4, 0.5) is 14.4 Å². The quantitative estimate of drug-likeness (QED) is 0.0202. The molecule has 0 aromatic rings. The molecular weight excluding hydrogens is 1690 g/mol. The number of carbonyl (C=O) groups excluding carboxylic acids is 18. The van der Waals surface area contributed by atoms with Crippen LogP contribution in [0.3, 0.4) is 0 Å². The average molecular weight is 1840 g/mol. The van der Waals surface area contributed by atoms with Gasteiger partial charge < -0.3 is 94.0 Å². The zero-order valence-electron chi connectivity index (χ0n) is 82.0. The van der Waals surface area contributed by atoms with Crippen LogP contribution < -0.4 is 65.1 Å². The van der Waals surface area contributed by atoms with Crippen LogP contribution in [0.15, 0.2) is 0 Å². The molecule has 0 bridgehead atoms. The SMILES string of the molecule is CC(C)(C)[C@H](NC(=O)N[C@H](C(=O)N1C[C@H]2[C@@H]([C@H]1C(=O)NC(CC1CC1)C(=O)C(N)=O)C2(C)C)C(C)(C)C)C(=O)OCC1CC1.CC(C)OC(=O)[C@@H](NC(=O)N[C@H](C(=O)N1C[C@H]2[C@@H]([C@H]1C(=O)NC(CC1CC1)C(=O)C(N)=O)C2(C)C)C(C)(C)C)C(C)(C)C.CC(C)OC(=O)[C@@H](NC(=O)N[C@H](C(=O)N1C[C@H]2[C@@H]([C@H]1C(=O)NC(CC1CCC1)C(=O)C(N)=O)C2(C)C)C(C)(C)C)C1CCC1. The number of nitrogens with one attached hydrogen (secondary N) is 9. The first-order chi connectivity index (χ1) is 60.2. The Kier molecular flexibility index (Phi) is 32.1. The lowest BCUT2D eigenvalue weighted by atomic mass is 9.79. The molecule has 15 N–H and O–H groups in total. The van der Waals surface area contributed by atoms with E-state index in [1.54, 1.807) is 69.2 Å². The second-order valence-electron chi connectivity index (χ2n) is 47.0. The Balaban J connectivity index is 0.000000221. The van der Waals surface area contributed by atoms with Gasteiger partial charge in [0.15, 0.2) is 0 Å². The highest BCUT2D eigenvalue weighted by atomic mass is 16.6. The molecule has 734 valence electrons. The number of esters is 3. The Bertz CT molecular complexity index is 4370. The van der Waals surface area contributed by atoms with Crippen molar-refractivity contribution in [1.82, 2.24) is 62.6 Å². The van der Waals surface area contributed by atoms with Crippen molar-refractivity contribution in [3.05, 3.63) is 0 Å². The van der Waals surface area contributed by atoms with Crippen LogP contribution in [-0.2, 0) is 86.1 Å². The molecule has 8 saturated carbocycles. The number of urea groups is 3. The van der Waals surface area contributed by atoms with Crippen LogP contribution in [0.5, 0.6) is 0 Å². The van der Waals surface area contributed by atoms with Crippen LogP contribution in [0.25, 0.3) is 0 Å². The summed E-state index contributed by atoms with van der Waals surface area (Å²) in [5.41, 5.74) is 11.7. The van der Waals surface area contributed by atoms with E-state index in [-0.39, 0.29) is 87.6 Å². The molecule has 3 saturated heterocycles. The molecule has 36 heteroatoms. The number of hydrogen-bond acceptors (Lipinski definition) is 21. The third-order valence-corrected chi connectivity index (χ3v) is 29.2. The van der Waals surface area contributed by atoms with Gasteiger partial charge in [0, 0.05) is 19.6 Å². The number of fused-ring (bicyclic) bond motifs is 3. The Morgan fingerprint density at radius 2 is 0.595 bits per heavy atom. The molecule has 15 amide bonds. The number of likely N-dealkylation sites (tertiary alicyclic amines) is 3. The monoisotopic (exact) mass is 1840 g/mol. The number of piperidine rings is 3. The summed E-state index contributed by atoms with van der Waals surface area (Å²) in [7, 11) is 0. The Labute approximate surface area is 771 Å². The molecule has 36 nitrogen and oxygen atoms in total. The van der Waals surface area contributed by atoms with Gasteiger partial charge >= 0.3 is 36.0 Å². The van der Waals surface area contributed by atoms with Gasteiger partial charge in [-0.25, -0.2) is 28.8 Å². The predicted molar refractivity (Wildman–Crippen MR) is 482 cm³/mol. The topological polar surface area (TPSA) is 531 Å². The van der Waals surface area contributed by atoms with Crippen molar-refractivity contribution in [3.63, 3.8) is 0 Å². The number of nitrogens with zero attached hydrogens (tertiary/aromatic N) is 3. The maximum atomic E-state index is 14.2. The molecular formula is C95H153N15O21. The number of amides is 15. The van der Waals surface area contributed by atoms with Gasteiger partial charge in [-0.1, -0.05) is 197 Å². The molecule has 11 rings (SSSR count). The van der Waals surface area contributed by atoms with Gasteiger partial charge in [0.25, 0.3) is 17.7 Å². The number of ether oxygens (including phenoxy) is 3. The van der Waals surface area contributed by atoms with E-state index in [0.29, 0.717) is 51.4 Å². The normalized spacial score (nSPS) is 25.7. The summed E-state index contributed by atoms with van der Waals surface area (Å²) >= 11 is 0. The van der Waals surface area contributed by atoms with Crippen LogP contribution in [-0.4, -0.2) is 232 Å². The number of carbonyl (C=O) groups is 18. The number of primary amides is 3. The van der Waals surface area contributed by atoms with Crippen LogP contribution in [0.1, 0.15) is 269 Å². The highest BCUT2D eigenvalue weighted by Gasteiger charge is 2.73. The minimum Gasteiger partial charge on any atom is -0.464 e. The van der Waals surface area contributed by atoms with Gasteiger partial charge in [-0.3, -0.25) is 57.5 Å². The lowest BCUT2D eigenvalue weighted by Gasteiger charge is -2.39. The molecule has 3 heterocycles. The summed E-state index contributed by atoms with van der Waals surface area (Å²) < 4.78 is 16.2. The summed E-state index contributed by atoms with van der Waals surface area (Å²) in [6.07, 6.45) is 11.4. The number of hydrogen-bond donors (Lipinski definition) is 12. The number of Topliss-reactive ketones (excluding diaryl/α,β-unsaturated/α-hetero) is 3. The Morgan fingerprint density at radius 1 is 0.336 bits per heavy atom. The zero-order valence-corrected chi connectivity index (χ0v) is 82.0. The lowest BCUT2D eigenvalue weighted by Crippen LogP contribution is -2.62. The number of ketones is 3. The Morgan fingerprint density at radius 3 is 0.840 bits per heavy atom. The molecule has 0 spiro atoms. The van der Waals surface area contributed by atoms with E-state index < -0.39 is 206 Å². The molecule has 18 atom stereocenters. The third-order valence-electron chi connectivity index (χ3n) is 29.2. The Hall–Kier alpha value is -9.54. The van der Waals surface area contributed by atoms with Gasteiger partial charge in [0.05, 0.1) is 36.9 Å². The molecule has 0 aromatic carbocycles. The van der Waals surface area contributed by atoms with Crippen LogP contribution in [0.2, 0.25) is 0 Å². The van der Waals surface area contributed by atoms with Gasteiger partial charge in [-0.05, 0) is 181 Å². The molecule has 8 aliphatic carbocycles. The second kappa shape index (κ2) is 39.9. The van der Waals surface area contributed by atoms with E-state index in [4.69, 9.17) is 31.4 Å². The van der Waals surface area contributed by atoms with Crippen molar-refractivity contribution in [3.8, 4) is 0 Å². The van der Waals surface area contributed by atoms with Gasteiger partial charge in [-0.15, -0.1) is 0 Å². The molecule has 131 heavy (non-hydrogen) atoms. The van der Waals surface area contributed by atoms with Crippen molar-refractivity contribution in [2.45, 2.75) is 354 Å². The number of nitrogens with two attached hydrogens (primary N) is 3. The maximum absolute atomic E-state index is 14.2. The summed E-state index contributed by atoms with van der Waals surface area (Å²) in [6.45, 7) is 47.7. The molecule has 11 aliphatic rings. The summed E-state index contributed by atoms with van der Waals surface area (Å²) in [4.78, 5) is 240. The van der Waals surface area contributed by atoms with Crippen molar-refractivity contribution < 1.29 is 101 Å². The highest BCUT2D eigenvalue weighted by Crippen LogP contribution is 2.67. The molecule has 3 aliphatic heterocycles. The predicted octanol–water partition coefficient (Wildman–Crippen LogP) is 5.81. The summed E-state index contributed by atoms with van der Waals surface area (Å²) in [5, 5.41) is 24.8. The van der Waals surface area contributed by atoms with E-state index in [2.05, 4.69) is 61.7 Å². The van der Waals surface area contributed by atoms with Crippen molar-refractivity contribution >= 4 is 107 Å². The molecule has 0 radical (unpaired) electrons. The van der Waals surface area contributed by atoms with E-state index in [0.717, 1.165) is 77.0 Å². The highest BCUT2D eigenvalue weighted by molar-refractivity contribution is 6.39. The third kappa shape index (κ3) is 25.7. The van der Waals surface area contributed by atoms with Crippen LogP contribution >= 0.6 is 0 Å². The second-order valence-corrected chi connectivity index (χ2v) is 47.0. The molecule has 0 aromatic heterocycles. The average Bonchev–Trinajstić information content (AvgIpc) is 1.53.